The molecule has 0 unspecified atom stereocenters. The molecule has 3 aromatic carbocycles. The summed E-state index contributed by atoms with van der Waals surface area (Å²) in [4.78, 5) is 12.8. The first kappa shape index (κ1) is 12.8. The lowest BCUT2D eigenvalue weighted by Gasteiger charge is -2.07. The summed E-state index contributed by atoms with van der Waals surface area (Å²) >= 11 is 0. The number of hydrogen-bond donors (Lipinski definition) is 0. The van der Waals surface area contributed by atoms with Crippen molar-refractivity contribution in [3.05, 3.63) is 64.6 Å². The second kappa shape index (κ2) is 4.56. The van der Waals surface area contributed by atoms with Crippen LogP contribution in [-0.2, 0) is 0 Å². The highest BCUT2D eigenvalue weighted by Gasteiger charge is 2.14. The predicted octanol–water partition coefficient (Wildman–Crippen LogP) is 4.25. The Morgan fingerprint density at radius 1 is 1.00 bits per heavy atom. The SMILES string of the molecule is COc1ccc2oc3ccc4cccc(F)c4c3c(=O)c2c1. The number of benzene rings is 3. The van der Waals surface area contributed by atoms with Crippen molar-refractivity contribution in [2.75, 3.05) is 7.11 Å². The Morgan fingerprint density at radius 2 is 1.82 bits per heavy atom. The smallest absolute Gasteiger partial charge is 0.201 e. The van der Waals surface area contributed by atoms with E-state index in [-0.39, 0.29) is 10.8 Å². The highest BCUT2D eigenvalue weighted by atomic mass is 19.1. The minimum atomic E-state index is -0.433. The Labute approximate surface area is 124 Å². The lowest BCUT2D eigenvalue weighted by molar-refractivity contribution is 0.415. The summed E-state index contributed by atoms with van der Waals surface area (Å²) in [5.41, 5.74) is 0.570. The van der Waals surface area contributed by atoms with Gasteiger partial charge in [0, 0.05) is 5.39 Å². The van der Waals surface area contributed by atoms with Gasteiger partial charge < -0.3 is 9.15 Å². The molecule has 0 bridgehead atoms. The van der Waals surface area contributed by atoms with Crippen molar-refractivity contribution in [1.82, 2.24) is 0 Å². The molecule has 0 radical (unpaired) electrons. The average Bonchev–Trinajstić information content (AvgIpc) is 2.55. The van der Waals surface area contributed by atoms with Gasteiger partial charge >= 0.3 is 0 Å². The quantitative estimate of drug-likeness (QED) is 0.389. The van der Waals surface area contributed by atoms with Gasteiger partial charge in [-0.1, -0.05) is 18.2 Å². The summed E-state index contributed by atoms with van der Waals surface area (Å²) in [5.74, 6) is 0.123. The fourth-order valence-electron chi connectivity index (χ4n) is 2.78. The molecule has 0 fully saturated rings. The maximum atomic E-state index is 14.2. The number of halogens is 1. The van der Waals surface area contributed by atoms with Crippen molar-refractivity contribution in [3.63, 3.8) is 0 Å². The first-order chi connectivity index (χ1) is 10.7. The van der Waals surface area contributed by atoms with Crippen LogP contribution in [0.5, 0.6) is 5.75 Å². The second-order valence-corrected chi connectivity index (χ2v) is 5.07. The third kappa shape index (κ3) is 1.70. The van der Waals surface area contributed by atoms with E-state index in [2.05, 4.69) is 0 Å². The van der Waals surface area contributed by atoms with Crippen LogP contribution in [0.3, 0.4) is 0 Å². The van der Waals surface area contributed by atoms with Crippen molar-refractivity contribution in [2.24, 2.45) is 0 Å². The fourth-order valence-corrected chi connectivity index (χ4v) is 2.78. The molecule has 1 heterocycles. The monoisotopic (exact) mass is 294 g/mol. The summed E-state index contributed by atoms with van der Waals surface area (Å²) in [6.45, 7) is 0. The highest BCUT2D eigenvalue weighted by molar-refractivity contribution is 6.08. The van der Waals surface area contributed by atoms with Crippen molar-refractivity contribution in [3.8, 4) is 5.75 Å². The zero-order valence-corrected chi connectivity index (χ0v) is 11.7. The van der Waals surface area contributed by atoms with Crippen LogP contribution >= 0.6 is 0 Å². The van der Waals surface area contributed by atoms with Crippen LogP contribution in [0.25, 0.3) is 32.7 Å². The van der Waals surface area contributed by atoms with Crippen LogP contribution in [0.1, 0.15) is 0 Å². The van der Waals surface area contributed by atoms with Crippen LogP contribution in [0.4, 0.5) is 4.39 Å². The topological polar surface area (TPSA) is 39.4 Å². The molecule has 0 aliphatic carbocycles. The summed E-state index contributed by atoms with van der Waals surface area (Å²) in [6.07, 6.45) is 0. The van der Waals surface area contributed by atoms with Gasteiger partial charge in [0.05, 0.1) is 17.9 Å². The van der Waals surface area contributed by atoms with Gasteiger partial charge in [0.15, 0.2) is 0 Å². The molecule has 0 aliphatic rings. The minimum absolute atomic E-state index is 0.258. The highest BCUT2D eigenvalue weighted by Crippen LogP contribution is 2.29. The zero-order valence-electron chi connectivity index (χ0n) is 11.7. The van der Waals surface area contributed by atoms with Crippen LogP contribution in [0, 0.1) is 5.82 Å². The molecule has 0 N–H and O–H groups in total. The summed E-state index contributed by atoms with van der Waals surface area (Å²) in [7, 11) is 1.53. The molecule has 0 amide bonds. The van der Waals surface area contributed by atoms with Crippen molar-refractivity contribution in [2.45, 2.75) is 0 Å². The van der Waals surface area contributed by atoms with E-state index in [9.17, 15) is 9.18 Å². The summed E-state index contributed by atoms with van der Waals surface area (Å²) in [6, 6.07) is 13.2. The van der Waals surface area contributed by atoms with Gasteiger partial charge in [0.1, 0.15) is 22.7 Å². The Kier molecular flexibility index (Phi) is 2.66. The largest absolute Gasteiger partial charge is 0.497 e. The molecule has 0 atom stereocenters. The van der Waals surface area contributed by atoms with Crippen LogP contribution in [-0.4, -0.2) is 7.11 Å². The number of methoxy groups -OCH3 is 1. The zero-order chi connectivity index (χ0) is 15.3. The van der Waals surface area contributed by atoms with Crippen molar-refractivity contribution in [1.29, 1.82) is 0 Å². The molecule has 4 heteroatoms. The van der Waals surface area contributed by atoms with Gasteiger partial charge in [-0.05, 0) is 35.7 Å². The van der Waals surface area contributed by atoms with E-state index in [0.717, 1.165) is 0 Å². The Morgan fingerprint density at radius 3 is 2.64 bits per heavy atom. The number of hydrogen-bond acceptors (Lipinski definition) is 3. The number of rotatable bonds is 1. The van der Waals surface area contributed by atoms with Crippen molar-refractivity contribution < 1.29 is 13.5 Å². The lowest BCUT2D eigenvalue weighted by atomic mass is 10.0. The molecule has 0 spiro atoms. The molecule has 0 aliphatic heterocycles. The number of fused-ring (bicyclic) bond motifs is 4. The Hall–Kier alpha value is -2.88. The molecular formula is C18H11FO3. The second-order valence-electron chi connectivity index (χ2n) is 5.07. The fraction of sp³-hybridized carbons (Fsp3) is 0.0556. The Bertz CT molecular complexity index is 1100. The molecule has 1 aromatic heterocycles. The molecule has 0 saturated heterocycles. The minimum Gasteiger partial charge on any atom is -0.497 e. The summed E-state index contributed by atoms with van der Waals surface area (Å²) in [5, 5.41) is 1.60. The van der Waals surface area contributed by atoms with E-state index in [4.69, 9.17) is 9.15 Å². The van der Waals surface area contributed by atoms with Gasteiger partial charge in [-0.25, -0.2) is 4.39 Å². The first-order valence-electron chi connectivity index (χ1n) is 6.81. The first-order valence-corrected chi connectivity index (χ1v) is 6.81. The molecule has 22 heavy (non-hydrogen) atoms. The van der Waals surface area contributed by atoms with Crippen LogP contribution in [0.2, 0.25) is 0 Å². The maximum Gasteiger partial charge on any atom is 0.201 e. The van der Waals surface area contributed by atoms with Gasteiger partial charge in [0.2, 0.25) is 5.43 Å². The van der Waals surface area contributed by atoms with E-state index in [1.54, 1.807) is 42.5 Å². The molecule has 108 valence electrons. The Balaban J connectivity index is 2.29. The van der Waals surface area contributed by atoms with E-state index in [1.165, 1.54) is 13.2 Å². The van der Waals surface area contributed by atoms with Crippen molar-refractivity contribution >= 4 is 32.7 Å². The molecule has 3 nitrogen and oxygen atoms in total. The third-order valence-corrected chi connectivity index (χ3v) is 3.83. The number of ether oxygens (including phenoxy) is 1. The third-order valence-electron chi connectivity index (χ3n) is 3.83. The standard InChI is InChI=1S/C18H11FO3/c1-21-11-6-8-14-12(9-11)18(20)17-15(22-14)7-5-10-3-2-4-13(19)16(10)17/h2-9H,1H3. The van der Waals surface area contributed by atoms with E-state index >= 15 is 0 Å². The van der Waals surface area contributed by atoms with E-state index in [1.807, 2.05) is 0 Å². The van der Waals surface area contributed by atoms with Gasteiger partial charge in [-0.2, -0.15) is 0 Å². The average molecular weight is 294 g/mol. The van der Waals surface area contributed by atoms with Gasteiger partial charge in [0.25, 0.3) is 0 Å². The summed E-state index contributed by atoms with van der Waals surface area (Å²) < 4.78 is 25.1. The predicted molar refractivity (Wildman–Crippen MR) is 84.0 cm³/mol. The lowest BCUT2D eigenvalue weighted by Crippen LogP contribution is -2.04. The van der Waals surface area contributed by atoms with E-state index < -0.39 is 5.82 Å². The van der Waals surface area contributed by atoms with Gasteiger partial charge in [-0.3, -0.25) is 4.79 Å². The molecule has 0 saturated carbocycles. The normalized spacial score (nSPS) is 11.4. The van der Waals surface area contributed by atoms with Gasteiger partial charge in [-0.15, -0.1) is 0 Å². The van der Waals surface area contributed by atoms with E-state index in [0.29, 0.717) is 33.1 Å². The maximum absolute atomic E-state index is 14.2. The molecular weight excluding hydrogens is 283 g/mol. The van der Waals surface area contributed by atoms with Crippen LogP contribution < -0.4 is 10.2 Å². The van der Waals surface area contributed by atoms with Crippen LogP contribution in [0.15, 0.2) is 57.7 Å². The molecule has 4 aromatic rings. The molecule has 4 rings (SSSR count).